The fraction of sp³-hybridized carbons (Fsp3) is 0.0400. The molecule has 196 valence electrons. The maximum absolute atomic E-state index is 15.0. The summed E-state index contributed by atoms with van der Waals surface area (Å²) in [5, 5.41) is 47.5. The first-order valence-corrected chi connectivity index (χ1v) is 10.5. The highest BCUT2D eigenvalue weighted by molar-refractivity contribution is 6.12. The molecular weight excluding hydrogens is 554 g/mol. The molecule has 0 saturated heterocycles. The molecule has 0 bridgehead atoms. The van der Waals surface area contributed by atoms with Gasteiger partial charge in [-0.15, -0.1) is 0 Å². The summed E-state index contributed by atoms with van der Waals surface area (Å²) >= 11 is 0. The molecule has 4 rings (SSSR count). The molecule has 0 N–H and O–H groups in total. The first-order chi connectivity index (χ1) is 19.5. The summed E-state index contributed by atoms with van der Waals surface area (Å²) in [6.07, 6.45) is -1.58. The summed E-state index contributed by atoms with van der Waals surface area (Å²) in [5.74, 6) is -7.61. The molecule has 1 aliphatic rings. The van der Waals surface area contributed by atoms with Crippen LogP contribution in [0.15, 0.2) is 41.5 Å². The number of nitriles is 5. The number of halogens is 6. The Balaban J connectivity index is 2.17. The lowest BCUT2D eigenvalue weighted by atomic mass is 10.0. The number of alkyl halides is 3. The smallest absolute Gasteiger partial charge is 0.227 e. The highest BCUT2D eigenvalue weighted by atomic mass is 19.4. The molecule has 41 heavy (non-hydrogen) atoms. The second-order valence-electron chi connectivity index (χ2n) is 7.65. The minimum atomic E-state index is -5.59. The molecule has 10 nitrogen and oxygen atoms in total. The van der Waals surface area contributed by atoms with Gasteiger partial charge in [-0.2, -0.15) is 43.9 Å². The quantitative estimate of drug-likeness (QED) is 0.258. The van der Waals surface area contributed by atoms with Gasteiger partial charge in [0.25, 0.3) is 0 Å². The molecule has 0 spiro atoms. The molecule has 3 aromatic heterocycles. The van der Waals surface area contributed by atoms with Crippen molar-refractivity contribution < 1.29 is 26.3 Å². The molecule has 0 unspecified atom stereocenters. The maximum Gasteiger partial charge on any atom is 0.436 e. The summed E-state index contributed by atoms with van der Waals surface area (Å²) in [6, 6.07) is 8.07. The van der Waals surface area contributed by atoms with Gasteiger partial charge in [0.05, 0.1) is 22.3 Å². The van der Waals surface area contributed by atoms with E-state index in [1.54, 1.807) is 24.3 Å². The lowest BCUT2D eigenvalue weighted by molar-refractivity contribution is -0.144. The molecule has 1 saturated carbocycles. The van der Waals surface area contributed by atoms with E-state index in [-0.39, 0.29) is 33.9 Å². The highest BCUT2D eigenvalue weighted by Gasteiger charge is 2.45. The van der Waals surface area contributed by atoms with Crippen molar-refractivity contribution in [2.24, 2.45) is 0 Å². The molecule has 1 aliphatic carbocycles. The minimum Gasteiger partial charge on any atom is -0.227 e. The van der Waals surface area contributed by atoms with Crippen LogP contribution in [0.2, 0.25) is 0 Å². The summed E-state index contributed by atoms with van der Waals surface area (Å²) < 4.78 is 84.0. The number of allylic oxidation sites excluding steroid dienone is 6. The Morgan fingerprint density at radius 2 is 1.00 bits per heavy atom. The SMILES string of the molecule is N#CC(=C1C(=C(\C#N)c2cnc(C#N)nc2)/C1=C(\C#N)c1cnc(C#N)nc1)c1c(F)c(F)nc(C(F)(F)F)c1F. The van der Waals surface area contributed by atoms with Gasteiger partial charge in [0.1, 0.15) is 30.3 Å². The number of aromatic nitrogens is 5. The van der Waals surface area contributed by atoms with Gasteiger partial charge >= 0.3 is 6.18 Å². The van der Waals surface area contributed by atoms with Crippen molar-refractivity contribution in [2.75, 3.05) is 0 Å². The Bertz CT molecular complexity index is 1840. The van der Waals surface area contributed by atoms with Gasteiger partial charge in [-0.25, -0.2) is 33.7 Å². The zero-order valence-electron chi connectivity index (χ0n) is 19.5. The van der Waals surface area contributed by atoms with Crippen LogP contribution in [0, 0.1) is 74.2 Å². The van der Waals surface area contributed by atoms with Crippen molar-refractivity contribution in [3.63, 3.8) is 0 Å². The van der Waals surface area contributed by atoms with E-state index >= 15 is 4.39 Å². The molecule has 0 aliphatic heterocycles. The first-order valence-electron chi connectivity index (χ1n) is 10.5. The Hall–Kier alpha value is -6.44. The van der Waals surface area contributed by atoms with Gasteiger partial charge in [0.15, 0.2) is 17.3 Å². The van der Waals surface area contributed by atoms with Crippen LogP contribution in [-0.4, -0.2) is 24.9 Å². The van der Waals surface area contributed by atoms with E-state index in [9.17, 15) is 37.7 Å². The normalized spacial score (nSPS) is 15.8. The fourth-order valence-electron chi connectivity index (χ4n) is 3.66. The summed E-state index contributed by atoms with van der Waals surface area (Å²) in [5.41, 5.74) is -7.70. The third-order valence-corrected chi connectivity index (χ3v) is 5.41. The van der Waals surface area contributed by atoms with E-state index in [0.717, 1.165) is 24.8 Å². The Kier molecular flexibility index (Phi) is 6.98. The summed E-state index contributed by atoms with van der Waals surface area (Å²) in [6.45, 7) is 0. The number of hydrogen-bond acceptors (Lipinski definition) is 10. The zero-order valence-corrected chi connectivity index (χ0v) is 19.5. The third-order valence-electron chi connectivity index (χ3n) is 5.41. The summed E-state index contributed by atoms with van der Waals surface area (Å²) in [7, 11) is 0. The van der Waals surface area contributed by atoms with Gasteiger partial charge in [0.2, 0.25) is 17.6 Å². The largest absolute Gasteiger partial charge is 0.436 e. The second kappa shape index (κ2) is 10.4. The van der Waals surface area contributed by atoms with Gasteiger partial charge in [0, 0.05) is 52.6 Å². The minimum absolute atomic E-state index is 0.113. The average Bonchev–Trinajstić information content (AvgIpc) is 3.67. The molecular formula is C25H4F6N10. The van der Waals surface area contributed by atoms with Gasteiger partial charge in [-0.05, 0) is 0 Å². The Morgan fingerprint density at radius 1 is 0.610 bits per heavy atom. The lowest BCUT2D eigenvalue weighted by Crippen LogP contribution is -2.16. The van der Waals surface area contributed by atoms with E-state index < -0.39 is 57.3 Å². The topological polar surface area (TPSA) is 183 Å². The van der Waals surface area contributed by atoms with Crippen molar-refractivity contribution >= 4 is 16.7 Å². The van der Waals surface area contributed by atoms with E-state index in [4.69, 9.17) is 10.5 Å². The molecule has 3 heterocycles. The zero-order chi connectivity index (χ0) is 30.1. The highest BCUT2D eigenvalue weighted by Crippen LogP contribution is 2.56. The fourth-order valence-corrected chi connectivity index (χ4v) is 3.66. The van der Waals surface area contributed by atoms with Crippen LogP contribution in [-0.2, 0) is 6.18 Å². The molecule has 1 fully saturated rings. The number of nitrogens with zero attached hydrogens (tertiary/aromatic N) is 10. The van der Waals surface area contributed by atoms with Crippen molar-refractivity contribution in [1.82, 2.24) is 24.9 Å². The van der Waals surface area contributed by atoms with Crippen molar-refractivity contribution in [3.05, 3.63) is 93.1 Å². The molecule has 0 amide bonds. The molecule has 3 aromatic rings. The number of rotatable bonds is 3. The summed E-state index contributed by atoms with van der Waals surface area (Å²) in [4.78, 5) is 17.1. The van der Waals surface area contributed by atoms with Crippen LogP contribution in [0.4, 0.5) is 26.3 Å². The van der Waals surface area contributed by atoms with E-state index in [0.29, 0.717) is 0 Å². The lowest BCUT2D eigenvalue weighted by Gasteiger charge is -2.11. The number of pyridine rings is 1. The van der Waals surface area contributed by atoms with Crippen molar-refractivity contribution in [1.29, 1.82) is 26.3 Å². The predicted octanol–water partition coefficient (Wildman–Crippen LogP) is 4.09. The molecule has 0 aromatic carbocycles. The van der Waals surface area contributed by atoms with Gasteiger partial charge in [-0.1, -0.05) is 0 Å². The van der Waals surface area contributed by atoms with E-state index in [1.165, 1.54) is 6.07 Å². The van der Waals surface area contributed by atoms with Crippen LogP contribution in [0.25, 0.3) is 16.7 Å². The van der Waals surface area contributed by atoms with Crippen LogP contribution < -0.4 is 0 Å². The van der Waals surface area contributed by atoms with E-state index in [2.05, 4.69) is 24.9 Å². The van der Waals surface area contributed by atoms with Crippen molar-refractivity contribution in [3.8, 4) is 30.3 Å². The van der Waals surface area contributed by atoms with Crippen LogP contribution in [0.5, 0.6) is 0 Å². The Labute approximate surface area is 224 Å². The molecule has 0 atom stereocenters. The second-order valence-corrected chi connectivity index (χ2v) is 7.65. The molecule has 16 heteroatoms. The van der Waals surface area contributed by atoms with Gasteiger partial charge in [-0.3, -0.25) is 0 Å². The third kappa shape index (κ3) is 4.79. The number of hydrogen-bond donors (Lipinski definition) is 0. The van der Waals surface area contributed by atoms with Crippen molar-refractivity contribution in [2.45, 2.75) is 6.18 Å². The van der Waals surface area contributed by atoms with E-state index in [1.807, 2.05) is 0 Å². The Morgan fingerprint density at radius 3 is 1.34 bits per heavy atom. The van der Waals surface area contributed by atoms with Crippen LogP contribution in [0.3, 0.4) is 0 Å². The maximum atomic E-state index is 15.0. The van der Waals surface area contributed by atoms with Crippen LogP contribution in [0.1, 0.15) is 34.0 Å². The first kappa shape index (κ1) is 27.6. The van der Waals surface area contributed by atoms with Gasteiger partial charge < -0.3 is 0 Å². The van der Waals surface area contributed by atoms with Crippen LogP contribution >= 0.6 is 0 Å². The molecule has 0 radical (unpaired) electrons. The average molecular weight is 558 g/mol. The monoisotopic (exact) mass is 558 g/mol. The standard InChI is InChI=1S/C25H4F6N10/c26-21-20(22(27)24(28)41-23(21)25(29,30)31)14(3-34)19-17(12(1-32)10-6-37-15(4-35)38-7-10)18(19)13(2-33)11-8-39-16(5-36)40-9-11/h6-9H/b17-12-,18-13+,19-14?. The predicted molar refractivity (Wildman–Crippen MR) is 120 cm³/mol.